The Morgan fingerprint density at radius 3 is 2.08 bits per heavy atom. The highest BCUT2D eigenvalue weighted by molar-refractivity contribution is 7.89. The van der Waals surface area contributed by atoms with Gasteiger partial charge in [-0.1, -0.05) is 59.6 Å². The van der Waals surface area contributed by atoms with Crippen molar-refractivity contribution in [2.24, 2.45) is 0 Å². The summed E-state index contributed by atoms with van der Waals surface area (Å²) in [5.74, 6) is 0. The van der Waals surface area contributed by atoms with Gasteiger partial charge in [-0.15, -0.1) is 0 Å². The maximum absolute atomic E-state index is 12.9. The summed E-state index contributed by atoms with van der Waals surface area (Å²) < 4.78 is 27.3. The molecule has 0 aromatic heterocycles. The molecule has 0 amide bonds. The van der Waals surface area contributed by atoms with Crippen LogP contribution in [0, 0.1) is 0 Å². The number of rotatable bonds is 4. The average molecular weight is 400 g/mol. The van der Waals surface area contributed by atoms with Crippen LogP contribution in [0.2, 0.25) is 10.0 Å². The Morgan fingerprint density at radius 1 is 0.960 bits per heavy atom. The fourth-order valence-electron chi connectivity index (χ4n) is 3.28. The van der Waals surface area contributed by atoms with E-state index in [-0.39, 0.29) is 14.9 Å². The molecule has 134 valence electrons. The van der Waals surface area contributed by atoms with Crippen LogP contribution in [0.15, 0.2) is 53.4 Å². The van der Waals surface area contributed by atoms with Gasteiger partial charge in [0.15, 0.2) is 0 Å². The van der Waals surface area contributed by atoms with E-state index >= 15 is 0 Å². The number of benzene rings is 2. The quantitative estimate of drug-likeness (QED) is 0.858. The SMILES string of the molecule is C[C@@H](c1ccccc1)[NH+]1CCN(S(=O)(=O)c2c(Cl)cccc2Cl)CC1. The zero-order chi connectivity index (χ0) is 18.0. The predicted octanol–water partition coefficient (Wildman–Crippen LogP) is 2.64. The maximum atomic E-state index is 12.9. The summed E-state index contributed by atoms with van der Waals surface area (Å²) in [6, 6.07) is 15.4. The topological polar surface area (TPSA) is 41.8 Å². The molecule has 0 aliphatic carbocycles. The highest BCUT2D eigenvalue weighted by atomic mass is 35.5. The van der Waals surface area contributed by atoms with Crippen LogP contribution >= 0.6 is 23.2 Å². The molecule has 0 bridgehead atoms. The summed E-state index contributed by atoms with van der Waals surface area (Å²) in [6.45, 7) is 4.58. The molecule has 2 aromatic rings. The van der Waals surface area contributed by atoms with Gasteiger partial charge in [-0.3, -0.25) is 0 Å². The van der Waals surface area contributed by atoms with Crippen LogP contribution < -0.4 is 4.90 Å². The van der Waals surface area contributed by atoms with Gasteiger partial charge < -0.3 is 4.90 Å². The molecule has 2 aromatic carbocycles. The Labute approximate surface area is 159 Å². The van der Waals surface area contributed by atoms with Crippen molar-refractivity contribution in [2.45, 2.75) is 17.9 Å². The molecule has 1 atom stereocenters. The van der Waals surface area contributed by atoms with Crippen molar-refractivity contribution in [2.75, 3.05) is 26.2 Å². The number of sulfonamides is 1. The summed E-state index contributed by atoms with van der Waals surface area (Å²) in [7, 11) is -3.68. The Bertz CT molecular complexity index is 815. The summed E-state index contributed by atoms with van der Waals surface area (Å²) in [6.07, 6.45) is 0. The minimum Gasteiger partial charge on any atom is -0.327 e. The van der Waals surface area contributed by atoms with E-state index in [2.05, 4.69) is 19.1 Å². The molecular formula is C18H21Cl2N2O2S+. The standard InChI is InChI=1S/C18H20Cl2N2O2S/c1-14(15-6-3-2-4-7-15)21-10-12-22(13-11-21)25(23,24)18-16(19)8-5-9-17(18)20/h2-9,14H,10-13H2,1H3/p+1/t14-/m0/s1. The van der Waals surface area contributed by atoms with Gasteiger partial charge in [0.05, 0.1) is 36.2 Å². The second-order valence-corrected chi connectivity index (χ2v) is 8.93. The first-order valence-corrected chi connectivity index (χ1v) is 10.4. The van der Waals surface area contributed by atoms with Gasteiger partial charge in [0.1, 0.15) is 10.9 Å². The molecule has 1 fully saturated rings. The molecule has 1 saturated heterocycles. The van der Waals surface area contributed by atoms with Crippen LogP contribution in [-0.2, 0) is 10.0 Å². The van der Waals surface area contributed by atoms with E-state index in [0.717, 1.165) is 13.1 Å². The zero-order valence-electron chi connectivity index (χ0n) is 14.0. The van der Waals surface area contributed by atoms with E-state index in [1.165, 1.54) is 14.8 Å². The molecule has 1 heterocycles. The molecule has 1 N–H and O–H groups in total. The van der Waals surface area contributed by atoms with Crippen molar-refractivity contribution in [1.29, 1.82) is 0 Å². The summed E-state index contributed by atoms with van der Waals surface area (Å²) in [5.41, 5.74) is 1.27. The summed E-state index contributed by atoms with van der Waals surface area (Å²) in [5, 5.41) is 0.333. The van der Waals surface area contributed by atoms with Crippen LogP contribution in [0.3, 0.4) is 0 Å². The third-order valence-electron chi connectivity index (χ3n) is 4.79. The first-order valence-electron chi connectivity index (χ1n) is 8.25. The van der Waals surface area contributed by atoms with Crippen molar-refractivity contribution < 1.29 is 13.3 Å². The van der Waals surface area contributed by atoms with E-state index < -0.39 is 10.0 Å². The van der Waals surface area contributed by atoms with Crippen LogP contribution in [0.25, 0.3) is 0 Å². The van der Waals surface area contributed by atoms with Crippen LogP contribution in [0.1, 0.15) is 18.5 Å². The second kappa shape index (κ2) is 7.64. The van der Waals surface area contributed by atoms with E-state index in [0.29, 0.717) is 19.1 Å². The van der Waals surface area contributed by atoms with E-state index in [1.807, 2.05) is 18.2 Å². The lowest BCUT2D eigenvalue weighted by atomic mass is 10.1. The Morgan fingerprint density at radius 2 is 1.52 bits per heavy atom. The largest absolute Gasteiger partial charge is 0.327 e. The number of quaternary nitrogens is 1. The first kappa shape index (κ1) is 18.7. The molecular weight excluding hydrogens is 379 g/mol. The van der Waals surface area contributed by atoms with Gasteiger partial charge in [0, 0.05) is 5.56 Å². The van der Waals surface area contributed by atoms with Crippen molar-refractivity contribution in [3.8, 4) is 0 Å². The lowest BCUT2D eigenvalue weighted by Gasteiger charge is -2.35. The lowest BCUT2D eigenvalue weighted by molar-refractivity contribution is -0.933. The van der Waals surface area contributed by atoms with Crippen LogP contribution in [0.4, 0.5) is 0 Å². The normalized spacial score (nSPS) is 18.2. The summed E-state index contributed by atoms with van der Waals surface area (Å²) in [4.78, 5) is 1.39. The predicted molar refractivity (Wildman–Crippen MR) is 101 cm³/mol. The molecule has 7 heteroatoms. The van der Waals surface area contributed by atoms with Crippen LogP contribution in [-0.4, -0.2) is 38.9 Å². The highest BCUT2D eigenvalue weighted by Gasteiger charge is 2.34. The molecule has 0 radical (unpaired) electrons. The maximum Gasteiger partial charge on any atom is 0.246 e. The Balaban J connectivity index is 1.74. The lowest BCUT2D eigenvalue weighted by Crippen LogP contribution is -3.14. The van der Waals surface area contributed by atoms with Crippen molar-refractivity contribution in [3.63, 3.8) is 0 Å². The Hall–Kier alpha value is -1.11. The molecule has 4 nitrogen and oxygen atoms in total. The highest BCUT2D eigenvalue weighted by Crippen LogP contribution is 2.31. The van der Waals surface area contributed by atoms with Gasteiger partial charge in [-0.25, -0.2) is 8.42 Å². The molecule has 3 rings (SSSR count). The minimum atomic E-state index is -3.68. The van der Waals surface area contributed by atoms with E-state index in [4.69, 9.17) is 23.2 Å². The fourth-order valence-corrected chi connectivity index (χ4v) is 5.82. The van der Waals surface area contributed by atoms with E-state index in [9.17, 15) is 8.42 Å². The van der Waals surface area contributed by atoms with Gasteiger partial charge in [0.25, 0.3) is 0 Å². The zero-order valence-corrected chi connectivity index (χ0v) is 16.3. The van der Waals surface area contributed by atoms with Crippen molar-refractivity contribution in [3.05, 3.63) is 64.1 Å². The average Bonchev–Trinajstić information content (AvgIpc) is 2.61. The van der Waals surface area contributed by atoms with Gasteiger partial charge >= 0.3 is 0 Å². The first-order chi connectivity index (χ1) is 11.9. The van der Waals surface area contributed by atoms with Crippen molar-refractivity contribution >= 4 is 33.2 Å². The van der Waals surface area contributed by atoms with Gasteiger partial charge in [-0.05, 0) is 19.1 Å². The molecule has 0 saturated carbocycles. The molecule has 0 unspecified atom stereocenters. The number of piperazine rings is 1. The summed E-state index contributed by atoms with van der Waals surface area (Å²) >= 11 is 12.2. The minimum absolute atomic E-state index is 0.0119. The van der Waals surface area contributed by atoms with E-state index in [1.54, 1.807) is 18.2 Å². The third kappa shape index (κ3) is 3.86. The van der Waals surface area contributed by atoms with Crippen LogP contribution in [0.5, 0.6) is 0 Å². The number of hydrogen-bond acceptors (Lipinski definition) is 2. The van der Waals surface area contributed by atoms with Crippen molar-refractivity contribution in [1.82, 2.24) is 4.31 Å². The number of hydrogen-bond donors (Lipinski definition) is 1. The monoisotopic (exact) mass is 399 g/mol. The molecule has 25 heavy (non-hydrogen) atoms. The van der Waals surface area contributed by atoms with Gasteiger partial charge in [-0.2, -0.15) is 4.31 Å². The smallest absolute Gasteiger partial charge is 0.246 e. The Kier molecular flexibility index (Phi) is 5.71. The molecule has 1 aliphatic heterocycles. The number of nitrogens with one attached hydrogen (secondary N) is 1. The third-order valence-corrected chi connectivity index (χ3v) is 7.65. The number of nitrogens with zero attached hydrogens (tertiary/aromatic N) is 1. The van der Waals surface area contributed by atoms with Gasteiger partial charge in [0.2, 0.25) is 10.0 Å². The number of halogens is 2. The fraction of sp³-hybridized carbons (Fsp3) is 0.333. The molecule has 1 aliphatic rings. The molecule has 0 spiro atoms. The second-order valence-electron chi connectivity index (χ2n) is 6.25.